The summed E-state index contributed by atoms with van der Waals surface area (Å²) < 4.78 is 12.5. The predicted octanol–water partition coefficient (Wildman–Crippen LogP) is 5.15. The van der Waals surface area contributed by atoms with Gasteiger partial charge in [0.2, 0.25) is 0 Å². The first-order valence-corrected chi connectivity index (χ1v) is 12.1. The lowest BCUT2D eigenvalue weighted by molar-refractivity contribution is 0.0738. The Labute approximate surface area is 149 Å². The number of aliphatic hydroxyl groups is 1. The molecule has 0 aliphatic heterocycles. The second-order valence-electron chi connectivity index (χ2n) is 6.53. The minimum atomic E-state index is -1.58. The van der Waals surface area contributed by atoms with Gasteiger partial charge in [0, 0.05) is 19.3 Å². The molecule has 1 aromatic carbocycles. The summed E-state index contributed by atoms with van der Waals surface area (Å²) in [5, 5.41) is 9.03. The molecule has 0 bridgehead atoms. The first kappa shape index (κ1) is 21.4. The molecule has 1 N–H and O–H groups in total. The van der Waals surface area contributed by atoms with Gasteiger partial charge in [-0.15, -0.1) is 0 Å². The molecular formula is C20H36O3Si. The normalized spacial score (nSPS) is 13.2. The Bertz CT molecular complexity index is 398. The molecule has 4 heteroatoms. The average Bonchev–Trinajstić information content (AvgIpc) is 2.64. The van der Waals surface area contributed by atoms with Crippen molar-refractivity contribution >= 4 is 8.32 Å². The maximum absolute atomic E-state index is 9.03. The van der Waals surface area contributed by atoms with Crippen molar-refractivity contribution in [3.63, 3.8) is 0 Å². The van der Waals surface area contributed by atoms with Crippen LogP contribution in [0.1, 0.15) is 52.0 Å². The van der Waals surface area contributed by atoms with E-state index in [0.29, 0.717) is 6.61 Å². The van der Waals surface area contributed by atoms with Crippen LogP contribution in [0.2, 0.25) is 18.1 Å². The van der Waals surface area contributed by atoms with Crippen molar-refractivity contribution in [1.29, 1.82) is 0 Å². The highest BCUT2D eigenvalue weighted by atomic mass is 28.4. The van der Waals surface area contributed by atoms with E-state index in [1.165, 1.54) is 23.7 Å². The summed E-state index contributed by atoms with van der Waals surface area (Å²) in [6.07, 6.45) is 4.15. The molecule has 1 atom stereocenters. The molecular weight excluding hydrogens is 316 g/mol. The van der Waals surface area contributed by atoms with Gasteiger partial charge in [-0.05, 0) is 49.4 Å². The van der Waals surface area contributed by atoms with Gasteiger partial charge < -0.3 is 14.3 Å². The smallest absolute Gasteiger partial charge is 0.192 e. The van der Waals surface area contributed by atoms with Gasteiger partial charge in [0.25, 0.3) is 0 Å². The fraction of sp³-hybridized carbons (Fsp3) is 0.700. The van der Waals surface area contributed by atoms with Gasteiger partial charge in [0.05, 0.1) is 6.61 Å². The van der Waals surface area contributed by atoms with E-state index in [1.807, 2.05) is 18.2 Å². The molecule has 0 heterocycles. The molecule has 0 saturated carbocycles. The molecule has 0 fully saturated rings. The van der Waals surface area contributed by atoms with Crippen LogP contribution in [-0.2, 0) is 15.8 Å². The Morgan fingerprint density at radius 1 is 0.958 bits per heavy atom. The van der Waals surface area contributed by atoms with Crippen LogP contribution in [0.5, 0.6) is 0 Å². The lowest BCUT2D eigenvalue weighted by Gasteiger charge is -2.33. The SMILES string of the molecule is CC[Si](CC)(CC)OC(CCCCO)CCOCc1ccccc1. The van der Waals surface area contributed by atoms with Crippen LogP contribution in [0.15, 0.2) is 30.3 Å². The van der Waals surface area contributed by atoms with E-state index in [0.717, 1.165) is 32.3 Å². The van der Waals surface area contributed by atoms with Crippen molar-refractivity contribution in [2.24, 2.45) is 0 Å². The summed E-state index contributed by atoms with van der Waals surface area (Å²) in [5.74, 6) is 0. The number of hydrogen-bond acceptors (Lipinski definition) is 3. The summed E-state index contributed by atoms with van der Waals surface area (Å²) in [4.78, 5) is 0. The van der Waals surface area contributed by atoms with Crippen LogP contribution >= 0.6 is 0 Å². The zero-order valence-corrected chi connectivity index (χ0v) is 16.8. The number of rotatable bonds is 14. The molecule has 0 radical (unpaired) electrons. The molecule has 1 aromatic rings. The van der Waals surface area contributed by atoms with Crippen molar-refractivity contribution in [3.05, 3.63) is 35.9 Å². The third-order valence-corrected chi connectivity index (χ3v) is 9.68. The highest BCUT2D eigenvalue weighted by Gasteiger charge is 2.31. The highest BCUT2D eigenvalue weighted by molar-refractivity contribution is 6.73. The maximum Gasteiger partial charge on any atom is 0.192 e. The minimum absolute atomic E-state index is 0.273. The number of hydrogen-bond donors (Lipinski definition) is 1. The average molecular weight is 353 g/mol. The van der Waals surface area contributed by atoms with E-state index >= 15 is 0 Å². The second kappa shape index (κ2) is 12.6. The summed E-state index contributed by atoms with van der Waals surface area (Å²) >= 11 is 0. The van der Waals surface area contributed by atoms with E-state index in [9.17, 15) is 0 Å². The number of benzene rings is 1. The van der Waals surface area contributed by atoms with Gasteiger partial charge in [-0.3, -0.25) is 0 Å². The Morgan fingerprint density at radius 3 is 2.21 bits per heavy atom. The Balaban J connectivity index is 2.45. The molecule has 0 saturated heterocycles. The lowest BCUT2D eigenvalue weighted by atomic mass is 10.1. The third kappa shape index (κ3) is 7.93. The van der Waals surface area contributed by atoms with Crippen LogP contribution in [0, 0.1) is 0 Å². The van der Waals surface area contributed by atoms with E-state index in [4.69, 9.17) is 14.3 Å². The van der Waals surface area contributed by atoms with E-state index in [-0.39, 0.29) is 12.7 Å². The summed E-state index contributed by atoms with van der Waals surface area (Å²) in [7, 11) is -1.58. The van der Waals surface area contributed by atoms with E-state index < -0.39 is 8.32 Å². The highest BCUT2D eigenvalue weighted by Crippen LogP contribution is 2.26. The molecule has 1 rings (SSSR count). The molecule has 0 aliphatic rings. The van der Waals surface area contributed by atoms with Gasteiger partial charge in [-0.2, -0.15) is 0 Å². The van der Waals surface area contributed by atoms with E-state index in [2.05, 4.69) is 32.9 Å². The number of unbranched alkanes of at least 4 members (excludes halogenated alkanes) is 1. The van der Waals surface area contributed by atoms with Crippen molar-refractivity contribution in [2.75, 3.05) is 13.2 Å². The topological polar surface area (TPSA) is 38.7 Å². The van der Waals surface area contributed by atoms with Crippen LogP contribution in [0.25, 0.3) is 0 Å². The van der Waals surface area contributed by atoms with Gasteiger partial charge in [0.15, 0.2) is 8.32 Å². The molecule has 24 heavy (non-hydrogen) atoms. The molecule has 138 valence electrons. The quantitative estimate of drug-likeness (QED) is 0.372. The minimum Gasteiger partial charge on any atom is -0.414 e. The largest absolute Gasteiger partial charge is 0.414 e. The zero-order chi connectivity index (χ0) is 17.7. The third-order valence-electron chi connectivity index (χ3n) is 4.98. The Morgan fingerprint density at radius 2 is 1.62 bits per heavy atom. The van der Waals surface area contributed by atoms with Crippen LogP contribution in [-0.4, -0.2) is 32.7 Å². The summed E-state index contributed by atoms with van der Waals surface area (Å²) in [6, 6.07) is 13.9. The van der Waals surface area contributed by atoms with Crippen molar-refractivity contribution < 1.29 is 14.3 Å². The van der Waals surface area contributed by atoms with Gasteiger partial charge in [0.1, 0.15) is 0 Å². The lowest BCUT2D eigenvalue weighted by Crippen LogP contribution is -2.40. The number of ether oxygens (including phenoxy) is 1. The number of aliphatic hydroxyl groups excluding tert-OH is 1. The monoisotopic (exact) mass is 352 g/mol. The molecule has 3 nitrogen and oxygen atoms in total. The van der Waals surface area contributed by atoms with Crippen molar-refractivity contribution in [1.82, 2.24) is 0 Å². The summed E-state index contributed by atoms with van der Waals surface area (Å²) in [6.45, 7) is 8.50. The van der Waals surface area contributed by atoms with Crippen molar-refractivity contribution in [2.45, 2.75) is 77.3 Å². The molecule has 0 aromatic heterocycles. The van der Waals surface area contributed by atoms with Crippen LogP contribution in [0.4, 0.5) is 0 Å². The first-order chi connectivity index (χ1) is 11.7. The fourth-order valence-corrected chi connectivity index (χ4v) is 6.02. The van der Waals surface area contributed by atoms with Gasteiger partial charge in [-0.25, -0.2) is 0 Å². The molecule has 0 amide bonds. The Hall–Kier alpha value is -0.683. The Kier molecular flexibility index (Phi) is 11.3. The molecule has 0 aliphatic carbocycles. The van der Waals surface area contributed by atoms with Crippen LogP contribution in [0.3, 0.4) is 0 Å². The fourth-order valence-electron chi connectivity index (χ4n) is 3.08. The van der Waals surface area contributed by atoms with Gasteiger partial charge in [-0.1, -0.05) is 51.1 Å². The standard InChI is InChI=1S/C20H36O3Si/c1-4-24(5-2,6-3)23-20(14-10-11-16-21)15-17-22-18-19-12-8-7-9-13-19/h7-9,12-13,20-21H,4-6,10-11,14-18H2,1-3H3. The zero-order valence-electron chi connectivity index (χ0n) is 15.8. The predicted molar refractivity (Wildman–Crippen MR) is 104 cm³/mol. The van der Waals surface area contributed by atoms with Crippen LogP contribution < -0.4 is 0 Å². The maximum atomic E-state index is 9.03. The molecule has 1 unspecified atom stereocenters. The second-order valence-corrected chi connectivity index (χ2v) is 11.3. The summed E-state index contributed by atoms with van der Waals surface area (Å²) in [5.41, 5.74) is 1.22. The van der Waals surface area contributed by atoms with E-state index in [1.54, 1.807) is 0 Å². The molecule has 0 spiro atoms. The van der Waals surface area contributed by atoms with Gasteiger partial charge >= 0.3 is 0 Å². The first-order valence-electron chi connectivity index (χ1n) is 9.60. The van der Waals surface area contributed by atoms with Crippen molar-refractivity contribution in [3.8, 4) is 0 Å².